The predicted molar refractivity (Wildman–Crippen MR) is 58.8 cm³/mol. The van der Waals surface area contributed by atoms with Gasteiger partial charge in [-0.2, -0.15) is 0 Å². The minimum Gasteiger partial charge on any atom is -0.481 e. The van der Waals surface area contributed by atoms with E-state index in [1.807, 2.05) is 0 Å². The van der Waals surface area contributed by atoms with Crippen molar-refractivity contribution in [2.75, 3.05) is 6.54 Å². The molecule has 0 aromatic rings. The van der Waals surface area contributed by atoms with Crippen molar-refractivity contribution in [1.82, 2.24) is 5.32 Å². The maximum Gasteiger partial charge on any atom is 0.310 e. The van der Waals surface area contributed by atoms with Crippen LogP contribution >= 0.6 is 0 Å². The third-order valence-corrected chi connectivity index (χ3v) is 4.10. The molecule has 0 aromatic heterocycles. The van der Waals surface area contributed by atoms with Crippen LogP contribution in [0, 0.1) is 5.41 Å². The largest absolute Gasteiger partial charge is 0.481 e. The van der Waals surface area contributed by atoms with Gasteiger partial charge in [0.25, 0.3) is 0 Å². The number of hydrogen-bond acceptors (Lipinski definition) is 2. The van der Waals surface area contributed by atoms with E-state index in [1.165, 1.54) is 32.1 Å². The van der Waals surface area contributed by atoms with Gasteiger partial charge in [-0.25, -0.2) is 0 Å². The van der Waals surface area contributed by atoms with Crippen LogP contribution in [0.3, 0.4) is 0 Å². The summed E-state index contributed by atoms with van der Waals surface area (Å²) in [4.78, 5) is 11.1. The second kappa shape index (κ2) is 4.52. The Labute approximate surface area is 91.2 Å². The molecule has 3 nitrogen and oxygen atoms in total. The van der Waals surface area contributed by atoms with E-state index < -0.39 is 11.4 Å². The van der Waals surface area contributed by atoms with Crippen molar-refractivity contribution in [1.29, 1.82) is 0 Å². The Balaban J connectivity index is 1.78. The van der Waals surface area contributed by atoms with Gasteiger partial charge in [0.2, 0.25) is 0 Å². The molecule has 0 saturated heterocycles. The van der Waals surface area contributed by atoms with Crippen molar-refractivity contribution in [3.05, 3.63) is 0 Å². The molecule has 0 atom stereocenters. The maximum absolute atomic E-state index is 11.1. The van der Waals surface area contributed by atoms with Crippen molar-refractivity contribution < 1.29 is 9.90 Å². The lowest BCUT2D eigenvalue weighted by molar-refractivity contribution is -0.154. The standard InChI is InChI=1S/C12H21NO2/c14-11(15)12(7-4-8-12)9-13-10-5-2-1-3-6-10/h10,13H,1-9H2,(H,14,15). The molecule has 2 fully saturated rings. The molecule has 0 unspecified atom stereocenters. The van der Waals surface area contributed by atoms with Gasteiger partial charge < -0.3 is 10.4 Å². The normalized spacial score (nSPS) is 25.9. The number of aliphatic carboxylic acids is 1. The van der Waals surface area contributed by atoms with Crippen LogP contribution in [0.25, 0.3) is 0 Å². The van der Waals surface area contributed by atoms with Crippen LogP contribution < -0.4 is 5.32 Å². The molecule has 0 spiro atoms. The van der Waals surface area contributed by atoms with E-state index in [1.54, 1.807) is 0 Å². The zero-order valence-corrected chi connectivity index (χ0v) is 9.30. The Morgan fingerprint density at radius 1 is 1.20 bits per heavy atom. The highest BCUT2D eigenvalue weighted by Gasteiger charge is 2.44. The summed E-state index contributed by atoms with van der Waals surface area (Å²) in [6.07, 6.45) is 9.23. The minimum atomic E-state index is -0.600. The van der Waals surface area contributed by atoms with E-state index >= 15 is 0 Å². The molecule has 15 heavy (non-hydrogen) atoms. The zero-order chi connectivity index (χ0) is 10.7. The van der Waals surface area contributed by atoms with E-state index in [4.69, 9.17) is 0 Å². The predicted octanol–water partition coefficient (Wildman–Crippen LogP) is 2.16. The molecule has 2 rings (SSSR count). The third-order valence-electron chi connectivity index (χ3n) is 4.10. The molecular weight excluding hydrogens is 190 g/mol. The average molecular weight is 211 g/mol. The molecule has 0 radical (unpaired) electrons. The summed E-state index contributed by atoms with van der Waals surface area (Å²) < 4.78 is 0. The molecule has 86 valence electrons. The quantitative estimate of drug-likeness (QED) is 0.749. The first-order valence-electron chi connectivity index (χ1n) is 6.20. The molecule has 0 aromatic carbocycles. The SMILES string of the molecule is O=C(O)C1(CNC2CCCCC2)CCC1. The minimum absolute atomic E-state index is 0.419. The van der Waals surface area contributed by atoms with E-state index in [0.717, 1.165) is 19.3 Å². The van der Waals surface area contributed by atoms with E-state index in [2.05, 4.69) is 5.32 Å². The molecule has 0 bridgehead atoms. The number of carboxylic acid groups (broad SMARTS) is 1. The van der Waals surface area contributed by atoms with Gasteiger partial charge in [-0.3, -0.25) is 4.79 Å². The highest BCUT2D eigenvalue weighted by molar-refractivity contribution is 5.76. The van der Waals surface area contributed by atoms with Crippen molar-refractivity contribution in [3.63, 3.8) is 0 Å². The Morgan fingerprint density at radius 3 is 2.33 bits per heavy atom. The van der Waals surface area contributed by atoms with Crippen LogP contribution in [0.2, 0.25) is 0 Å². The average Bonchev–Trinajstić information content (AvgIpc) is 2.17. The van der Waals surface area contributed by atoms with Gasteiger partial charge in [0.1, 0.15) is 0 Å². The smallest absolute Gasteiger partial charge is 0.310 e. The van der Waals surface area contributed by atoms with Gasteiger partial charge in [0, 0.05) is 12.6 Å². The summed E-state index contributed by atoms with van der Waals surface area (Å²) in [6.45, 7) is 0.687. The summed E-state index contributed by atoms with van der Waals surface area (Å²) >= 11 is 0. The van der Waals surface area contributed by atoms with Gasteiger partial charge in [0.15, 0.2) is 0 Å². The first-order chi connectivity index (χ1) is 7.23. The van der Waals surface area contributed by atoms with Crippen LogP contribution in [-0.4, -0.2) is 23.7 Å². The second-order valence-electron chi connectivity index (χ2n) is 5.15. The summed E-state index contributed by atoms with van der Waals surface area (Å²) in [5.41, 5.74) is -0.419. The molecule has 2 saturated carbocycles. The molecule has 2 aliphatic carbocycles. The lowest BCUT2D eigenvalue weighted by Crippen LogP contribution is -2.48. The second-order valence-corrected chi connectivity index (χ2v) is 5.15. The summed E-state index contributed by atoms with van der Waals surface area (Å²) in [5, 5.41) is 12.6. The molecular formula is C12H21NO2. The highest BCUT2D eigenvalue weighted by Crippen LogP contribution is 2.40. The zero-order valence-electron chi connectivity index (χ0n) is 9.30. The fourth-order valence-corrected chi connectivity index (χ4v) is 2.72. The molecule has 0 aliphatic heterocycles. The van der Waals surface area contributed by atoms with Gasteiger partial charge in [-0.05, 0) is 25.7 Å². The topological polar surface area (TPSA) is 49.3 Å². The Hall–Kier alpha value is -0.570. The van der Waals surface area contributed by atoms with Crippen LogP contribution in [0.1, 0.15) is 51.4 Å². The number of carboxylic acids is 1. The summed E-state index contributed by atoms with van der Waals surface area (Å²) in [5.74, 6) is -0.600. The monoisotopic (exact) mass is 211 g/mol. The number of rotatable bonds is 4. The van der Waals surface area contributed by atoms with Crippen molar-refractivity contribution in [2.45, 2.75) is 57.4 Å². The van der Waals surface area contributed by atoms with Crippen LogP contribution in [0.5, 0.6) is 0 Å². The number of carbonyl (C=O) groups is 1. The molecule has 3 heteroatoms. The number of hydrogen-bond donors (Lipinski definition) is 2. The van der Waals surface area contributed by atoms with Crippen molar-refractivity contribution >= 4 is 5.97 Å². The Bertz CT molecular complexity index is 230. The van der Waals surface area contributed by atoms with Crippen molar-refractivity contribution in [3.8, 4) is 0 Å². The first-order valence-corrected chi connectivity index (χ1v) is 6.20. The van der Waals surface area contributed by atoms with E-state index in [-0.39, 0.29) is 0 Å². The van der Waals surface area contributed by atoms with Gasteiger partial charge in [-0.1, -0.05) is 25.7 Å². The van der Waals surface area contributed by atoms with Crippen molar-refractivity contribution in [2.24, 2.45) is 5.41 Å². The lowest BCUT2D eigenvalue weighted by Gasteiger charge is -2.39. The van der Waals surface area contributed by atoms with Crippen LogP contribution in [-0.2, 0) is 4.79 Å². The summed E-state index contributed by atoms with van der Waals surface area (Å²) in [7, 11) is 0. The third kappa shape index (κ3) is 2.33. The lowest BCUT2D eigenvalue weighted by atomic mass is 9.68. The van der Waals surface area contributed by atoms with Crippen LogP contribution in [0.15, 0.2) is 0 Å². The maximum atomic E-state index is 11.1. The number of nitrogens with one attached hydrogen (secondary N) is 1. The fraction of sp³-hybridized carbons (Fsp3) is 0.917. The van der Waals surface area contributed by atoms with E-state index in [0.29, 0.717) is 12.6 Å². The molecule has 2 aliphatic rings. The molecule has 2 N–H and O–H groups in total. The van der Waals surface area contributed by atoms with Gasteiger partial charge in [-0.15, -0.1) is 0 Å². The Morgan fingerprint density at radius 2 is 1.87 bits per heavy atom. The Kier molecular flexibility index (Phi) is 3.29. The highest BCUT2D eigenvalue weighted by atomic mass is 16.4. The van der Waals surface area contributed by atoms with E-state index in [9.17, 15) is 9.90 Å². The first kappa shape index (κ1) is 10.9. The molecule has 0 heterocycles. The van der Waals surface area contributed by atoms with Gasteiger partial charge >= 0.3 is 5.97 Å². The fourth-order valence-electron chi connectivity index (χ4n) is 2.72. The molecule has 0 amide bonds. The summed E-state index contributed by atoms with van der Waals surface area (Å²) in [6, 6.07) is 0.579. The van der Waals surface area contributed by atoms with Gasteiger partial charge in [0.05, 0.1) is 5.41 Å². The van der Waals surface area contributed by atoms with Crippen LogP contribution in [0.4, 0.5) is 0 Å².